The summed E-state index contributed by atoms with van der Waals surface area (Å²) < 4.78 is 13.2. The van der Waals surface area contributed by atoms with Crippen LogP contribution in [0.25, 0.3) is 0 Å². The van der Waals surface area contributed by atoms with Crippen molar-refractivity contribution >= 4 is 0 Å². The number of halogens is 1. The number of aliphatic hydroxyl groups excluding tert-OH is 1. The molecule has 0 bridgehead atoms. The van der Waals surface area contributed by atoms with Gasteiger partial charge in [-0.2, -0.15) is 0 Å². The van der Waals surface area contributed by atoms with E-state index in [9.17, 15) is 9.50 Å². The molecule has 2 aromatic rings. The molecule has 1 nitrogen and oxygen atoms in total. The van der Waals surface area contributed by atoms with E-state index in [1.807, 2.05) is 32.0 Å². The van der Waals surface area contributed by atoms with Crippen LogP contribution in [-0.2, 0) is 0 Å². The van der Waals surface area contributed by atoms with Crippen molar-refractivity contribution in [2.75, 3.05) is 0 Å². The molecule has 18 heavy (non-hydrogen) atoms. The zero-order valence-electron chi connectivity index (χ0n) is 10.9. The quantitative estimate of drug-likeness (QED) is 0.851. The van der Waals surface area contributed by atoms with Gasteiger partial charge in [-0.05, 0) is 54.7 Å². The van der Waals surface area contributed by atoms with Crippen molar-refractivity contribution in [2.45, 2.75) is 26.9 Å². The average molecular weight is 244 g/mol. The Morgan fingerprint density at radius 1 is 0.944 bits per heavy atom. The average Bonchev–Trinajstić information content (AvgIpc) is 2.32. The summed E-state index contributed by atoms with van der Waals surface area (Å²) in [4.78, 5) is 0. The van der Waals surface area contributed by atoms with Crippen molar-refractivity contribution in [1.29, 1.82) is 0 Å². The molecule has 0 aliphatic rings. The van der Waals surface area contributed by atoms with E-state index in [-0.39, 0.29) is 5.82 Å². The third-order valence-electron chi connectivity index (χ3n) is 3.31. The molecule has 94 valence electrons. The zero-order chi connectivity index (χ0) is 13.3. The van der Waals surface area contributed by atoms with Crippen molar-refractivity contribution in [3.8, 4) is 0 Å². The normalized spacial score (nSPS) is 12.5. The Balaban J connectivity index is 2.48. The first-order valence-corrected chi connectivity index (χ1v) is 6.01. The summed E-state index contributed by atoms with van der Waals surface area (Å²) >= 11 is 0. The van der Waals surface area contributed by atoms with E-state index in [1.165, 1.54) is 6.07 Å². The molecule has 1 N–H and O–H groups in total. The predicted molar refractivity (Wildman–Crippen MR) is 71.1 cm³/mol. The van der Waals surface area contributed by atoms with Gasteiger partial charge < -0.3 is 5.11 Å². The first kappa shape index (κ1) is 12.8. The highest BCUT2D eigenvalue weighted by atomic mass is 19.1. The molecule has 1 atom stereocenters. The van der Waals surface area contributed by atoms with Gasteiger partial charge in [-0.15, -0.1) is 0 Å². The van der Waals surface area contributed by atoms with Crippen LogP contribution in [0.15, 0.2) is 36.4 Å². The molecule has 2 aromatic carbocycles. The van der Waals surface area contributed by atoms with Crippen LogP contribution in [0.1, 0.15) is 33.9 Å². The molecule has 0 saturated carbocycles. The minimum atomic E-state index is -0.703. The standard InChI is InChI=1S/C16H17FO/c1-10-5-4-6-11(2)15(10)16(18)13-7-8-14(17)12(3)9-13/h4-9,16,18H,1-3H3. The van der Waals surface area contributed by atoms with Gasteiger partial charge in [-0.3, -0.25) is 0 Å². The molecule has 0 heterocycles. The van der Waals surface area contributed by atoms with Crippen molar-refractivity contribution in [1.82, 2.24) is 0 Å². The number of benzene rings is 2. The molecule has 1 unspecified atom stereocenters. The monoisotopic (exact) mass is 244 g/mol. The maximum Gasteiger partial charge on any atom is 0.126 e. The Morgan fingerprint density at radius 2 is 1.56 bits per heavy atom. The maximum atomic E-state index is 13.2. The molecule has 0 amide bonds. The van der Waals surface area contributed by atoms with Gasteiger partial charge in [0.1, 0.15) is 11.9 Å². The smallest absolute Gasteiger partial charge is 0.126 e. The summed E-state index contributed by atoms with van der Waals surface area (Å²) in [5, 5.41) is 10.4. The summed E-state index contributed by atoms with van der Waals surface area (Å²) in [6.07, 6.45) is -0.703. The van der Waals surface area contributed by atoms with Gasteiger partial charge in [0.2, 0.25) is 0 Å². The lowest BCUT2D eigenvalue weighted by molar-refractivity contribution is 0.218. The van der Waals surface area contributed by atoms with E-state index in [4.69, 9.17) is 0 Å². The first-order valence-electron chi connectivity index (χ1n) is 6.01. The fraction of sp³-hybridized carbons (Fsp3) is 0.250. The largest absolute Gasteiger partial charge is 0.384 e. The van der Waals surface area contributed by atoms with Gasteiger partial charge in [0.15, 0.2) is 0 Å². The van der Waals surface area contributed by atoms with Crippen molar-refractivity contribution in [3.63, 3.8) is 0 Å². The van der Waals surface area contributed by atoms with Crippen LogP contribution >= 0.6 is 0 Å². The minimum Gasteiger partial charge on any atom is -0.384 e. The number of hydrogen-bond acceptors (Lipinski definition) is 1. The summed E-state index contributed by atoms with van der Waals surface area (Å²) in [7, 11) is 0. The molecule has 2 heteroatoms. The number of hydrogen-bond donors (Lipinski definition) is 1. The third kappa shape index (κ3) is 2.29. The van der Waals surface area contributed by atoms with Crippen molar-refractivity contribution in [3.05, 3.63) is 70.0 Å². The summed E-state index contributed by atoms with van der Waals surface area (Å²) in [5.41, 5.74) is 4.28. The van der Waals surface area contributed by atoms with E-state index in [2.05, 4.69) is 0 Å². The topological polar surface area (TPSA) is 20.2 Å². The Morgan fingerprint density at radius 3 is 2.11 bits per heavy atom. The fourth-order valence-corrected chi connectivity index (χ4v) is 2.26. The predicted octanol–water partition coefficient (Wildman–Crippen LogP) is 3.83. The molecule has 0 fully saturated rings. The first-order chi connectivity index (χ1) is 8.50. The molecule has 0 aliphatic heterocycles. The lowest BCUT2D eigenvalue weighted by Gasteiger charge is -2.17. The van der Waals surface area contributed by atoms with E-state index in [0.717, 1.165) is 22.3 Å². The van der Waals surface area contributed by atoms with Crippen LogP contribution in [0, 0.1) is 26.6 Å². The second-order valence-corrected chi connectivity index (χ2v) is 4.72. The van der Waals surface area contributed by atoms with E-state index >= 15 is 0 Å². The second kappa shape index (κ2) is 4.91. The summed E-state index contributed by atoms with van der Waals surface area (Å²) in [5.74, 6) is -0.243. The summed E-state index contributed by atoms with van der Waals surface area (Å²) in [6.45, 7) is 5.65. The third-order valence-corrected chi connectivity index (χ3v) is 3.31. The van der Waals surface area contributed by atoms with Crippen molar-refractivity contribution < 1.29 is 9.50 Å². The van der Waals surface area contributed by atoms with Crippen LogP contribution in [0.4, 0.5) is 4.39 Å². The molecule has 0 saturated heterocycles. The molecule has 0 aromatic heterocycles. The Labute approximate surface area is 107 Å². The van der Waals surface area contributed by atoms with Gasteiger partial charge in [0, 0.05) is 0 Å². The Kier molecular flexibility index (Phi) is 3.48. The summed E-state index contributed by atoms with van der Waals surface area (Å²) in [6, 6.07) is 10.7. The highest BCUT2D eigenvalue weighted by Crippen LogP contribution is 2.28. The molecule has 0 radical (unpaired) electrons. The Hall–Kier alpha value is -1.67. The van der Waals surface area contributed by atoms with Crippen LogP contribution < -0.4 is 0 Å². The van der Waals surface area contributed by atoms with Gasteiger partial charge in [0.05, 0.1) is 0 Å². The van der Waals surface area contributed by atoms with E-state index in [1.54, 1.807) is 19.1 Å². The highest BCUT2D eigenvalue weighted by molar-refractivity contribution is 5.41. The molecular weight excluding hydrogens is 227 g/mol. The number of rotatable bonds is 2. The maximum absolute atomic E-state index is 13.2. The van der Waals surface area contributed by atoms with E-state index < -0.39 is 6.10 Å². The van der Waals surface area contributed by atoms with Crippen LogP contribution in [0.2, 0.25) is 0 Å². The Bertz CT molecular complexity index is 555. The minimum absolute atomic E-state index is 0.243. The number of aryl methyl sites for hydroxylation is 3. The lowest BCUT2D eigenvalue weighted by atomic mass is 9.93. The van der Waals surface area contributed by atoms with E-state index in [0.29, 0.717) is 5.56 Å². The van der Waals surface area contributed by atoms with Crippen molar-refractivity contribution in [2.24, 2.45) is 0 Å². The molecule has 2 rings (SSSR count). The van der Waals surface area contributed by atoms with Crippen LogP contribution in [0.3, 0.4) is 0 Å². The fourth-order valence-electron chi connectivity index (χ4n) is 2.26. The van der Waals surface area contributed by atoms with Gasteiger partial charge in [0.25, 0.3) is 0 Å². The van der Waals surface area contributed by atoms with Gasteiger partial charge >= 0.3 is 0 Å². The molecular formula is C16H17FO. The number of aliphatic hydroxyl groups is 1. The second-order valence-electron chi connectivity index (χ2n) is 4.72. The SMILES string of the molecule is Cc1cc(C(O)c2c(C)cccc2C)ccc1F. The lowest BCUT2D eigenvalue weighted by Crippen LogP contribution is -2.05. The molecule has 0 spiro atoms. The highest BCUT2D eigenvalue weighted by Gasteiger charge is 2.15. The van der Waals surface area contributed by atoms with Crippen LogP contribution in [0.5, 0.6) is 0 Å². The van der Waals surface area contributed by atoms with Gasteiger partial charge in [-0.1, -0.05) is 30.3 Å². The van der Waals surface area contributed by atoms with Crippen LogP contribution in [-0.4, -0.2) is 5.11 Å². The van der Waals surface area contributed by atoms with Gasteiger partial charge in [-0.25, -0.2) is 4.39 Å². The molecule has 0 aliphatic carbocycles. The zero-order valence-corrected chi connectivity index (χ0v) is 10.9.